The number of carbonyl (C=O) groups excluding carboxylic acids is 2. The van der Waals surface area contributed by atoms with Gasteiger partial charge in [0, 0.05) is 11.6 Å². The molecule has 4 nitrogen and oxygen atoms in total. The quantitative estimate of drug-likeness (QED) is 0.338. The molecule has 0 heterocycles. The highest BCUT2D eigenvalue weighted by Gasteiger charge is 2.05. The summed E-state index contributed by atoms with van der Waals surface area (Å²) in [7, 11) is 0. The van der Waals surface area contributed by atoms with Gasteiger partial charge in [0.25, 0.3) is 0 Å². The van der Waals surface area contributed by atoms with E-state index in [-0.39, 0.29) is 19.2 Å². The molecule has 0 spiro atoms. The fourth-order valence-corrected chi connectivity index (χ4v) is 2.04. The highest BCUT2D eigenvalue weighted by atomic mass is 16.6. The van der Waals surface area contributed by atoms with Crippen molar-refractivity contribution >= 4 is 18.0 Å². The van der Waals surface area contributed by atoms with Gasteiger partial charge in [-0.2, -0.15) is 0 Å². The molecule has 0 aliphatic heterocycles. The van der Waals surface area contributed by atoms with Crippen molar-refractivity contribution in [2.24, 2.45) is 0 Å². The lowest BCUT2D eigenvalue weighted by Gasteiger charge is -2.05. The molecule has 134 valence electrons. The summed E-state index contributed by atoms with van der Waals surface area (Å²) in [4.78, 5) is 22.5. The SMILES string of the molecule is C=CC(=O)OCCOC(=O)C(C)=CCCCCC=Cc1ccccc1. The average Bonchev–Trinajstić information content (AvgIpc) is 2.64. The van der Waals surface area contributed by atoms with Crippen molar-refractivity contribution in [2.75, 3.05) is 13.2 Å². The molecule has 0 fully saturated rings. The summed E-state index contributed by atoms with van der Waals surface area (Å²) >= 11 is 0. The van der Waals surface area contributed by atoms with Crippen LogP contribution in [-0.4, -0.2) is 25.2 Å². The Morgan fingerprint density at radius 3 is 2.44 bits per heavy atom. The first kappa shape index (κ1) is 20.4. The van der Waals surface area contributed by atoms with E-state index in [1.165, 1.54) is 5.56 Å². The zero-order valence-electron chi connectivity index (χ0n) is 14.8. The number of allylic oxidation sites excluding steroid dienone is 2. The highest BCUT2D eigenvalue weighted by molar-refractivity contribution is 5.87. The van der Waals surface area contributed by atoms with Crippen LogP contribution >= 0.6 is 0 Å². The number of hydrogen-bond donors (Lipinski definition) is 0. The van der Waals surface area contributed by atoms with E-state index >= 15 is 0 Å². The molecule has 0 radical (unpaired) electrons. The summed E-state index contributed by atoms with van der Waals surface area (Å²) in [5, 5.41) is 0. The van der Waals surface area contributed by atoms with Gasteiger partial charge in [0.05, 0.1) is 0 Å². The lowest BCUT2D eigenvalue weighted by molar-refractivity contribution is -0.146. The zero-order valence-corrected chi connectivity index (χ0v) is 14.8. The zero-order chi connectivity index (χ0) is 18.3. The molecule has 1 aromatic carbocycles. The molecule has 0 aromatic heterocycles. The van der Waals surface area contributed by atoms with Gasteiger partial charge in [0.2, 0.25) is 0 Å². The van der Waals surface area contributed by atoms with Crippen LogP contribution in [0.3, 0.4) is 0 Å². The van der Waals surface area contributed by atoms with Crippen molar-refractivity contribution in [1.82, 2.24) is 0 Å². The number of ether oxygens (including phenoxy) is 2. The molecule has 0 saturated heterocycles. The predicted octanol–water partition coefficient (Wildman–Crippen LogP) is 4.48. The number of unbranched alkanes of at least 4 members (excludes halogenated alkanes) is 3. The summed E-state index contributed by atoms with van der Waals surface area (Å²) in [6.07, 6.45) is 11.2. The smallest absolute Gasteiger partial charge is 0.333 e. The molecule has 0 unspecified atom stereocenters. The fourth-order valence-electron chi connectivity index (χ4n) is 2.04. The monoisotopic (exact) mass is 342 g/mol. The van der Waals surface area contributed by atoms with E-state index in [9.17, 15) is 9.59 Å². The summed E-state index contributed by atoms with van der Waals surface area (Å²) in [6, 6.07) is 10.2. The van der Waals surface area contributed by atoms with Gasteiger partial charge in [-0.15, -0.1) is 0 Å². The third-order valence-corrected chi connectivity index (χ3v) is 3.43. The molecular formula is C21H26O4. The van der Waals surface area contributed by atoms with Crippen molar-refractivity contribution in [3.05, 3.63) is 66.3 Å². The number of benzene rings is 1. The van der Waals surface area contributed by atoms with Crippen molar-refractivity contribution in [1.29, 1.82) is 0 Å². The molecule has 1 aromatic rings. The second-order valence-corrected chi connectivity index (χ2v) is 5.49. The predicted molar refractivity (Wildman–Crippen MR) is 99.8 cm³/mol. The van der Waals surface area contributed by atoms with Crippen LogP contribution in [0.15, 0.2) is 60.7 Å². The Hall–Kier alpha value is -2.62. The largest absolute Gasteiger partial charge is 0.459 e. The Bertz CT molecular complexity index is 600. The number of hydrogen-bond acceptors (Lipinski definition) is 4. The molecule has 0 aliphatic rings. The molecular weight excluding hydrogens is 316 g/mol. The topological polar surface area (TPSA) is 52.6 Å². The minimum Gasteiger partial charge on any atom is -0.459 e. The average molecular weight is 342 g/mol. The third-order valence-electron chi connectivity index (χ3n) is 3.43. The first-order valence-electron chi connectivity index (χ1n) is 8.48. The van der Waals surface area contributed by atoms with E-state index < -0.39 is 5.97 Å². The summed E-state index contributed by atoms with van der Waals surface area (Å²) in [5.74, 6) is -0.900. The van der Waals surface area contributed by atoms with Crippen molar-refractivity contribution < 1.29 is 19.1 Å². The van der Waals surface area contributed by atoms with Crippen LogP contribution in [0.4, 0.5) is 0 Å². The number of carbonyl (C=O) groups is 2. The minimum atomic E-state index is -0.523. The molecule has 0 N–H and O–H groups in total. The maximum absolute atomic E-state index is 11.7. The second kappa shape index (κ2) is 12.8. The van der Waals surface area contributed by atoms with Gasteiger partial charge in [-0.25, -0.2) is 9.59 Å². The first-order valence-corrected chi connectivity index (χ1v) is 8.48. The van der Waals surface area contributed by atoms with Gasteiger partial charge in [-0.3, -0.25) is 0 Å². The minimum absolute atomic E-state index is 0.0393. The van der Waals surface area contributed by atoms with Crippen molar-refractivity contribution in [2.45, 2.75) is 32.6 Å². The molecule has 4 heteroatoms. The van der Waals surface area contributed by atoms with Gasteiger partial charge < -0.3 is 9.47 Å². The summed E-state index contributed by atoms with van der Waals surface area (Å²) in [6.45, 7) is 5.10. The lowest BCUT2D eigenvalue weighted by Crippen LogP contribution is -2.13. The van der Waals surface area contributed by atoms with E-state index in [1.54, 1.807) is 6.92 Å². The van der Waals surface area contributed by atoms with Crippen molar-refractivity contribution in [3.63, 3.8) is 0 Å². The Morgan fingerprint density at radius 1 is 1.04 bits per heavy atom. The van der Waals surface area contributed by atoms with Crippen LogP contribution in [-0.2, 0) is 19.1 Å². The molecule has 0 atom stereocenters. The van der Waals surface area contributed by atoms with Crippen LogP contribution in [0.5, 0.6) is 0 Å². The third kappa shape index (κ3) is 9.97. The summed E-state index contributed by atoms with van der Waals surface area (Å²) in [5.41, 5.74) is 1.79. The standard InChI is InChI=1S/C21H26O4/c1-3-20(22)24-16-17-25-21(23)18(2)12-8-5-4-6-9-13-19-14-10-7-11-15-19/h3,7,9-15H,1,4-6,8,16-17H2,2H3. The first-order chi connectivity index (χ1) is 12.1. The molecule has 0 amide bonds. The lowest BCUT2D eigenvalue weighted by atomic mass is 10.1. The van der Waals surface area contributed by atoms with Crippen LogP contribution in [0.25, 0.3) is 6.08 Å². The van der Waals surface area contributed by atoms with Crippen LogP contribution in [0.2, 0.25) is 0 Å². The maximum Gasteiger partial charge on any atom is 0.333 e. The van der Waals surface area contributed by atoms with Gasteiger partial charge in [-0.05, 0) is 38.2 Å². The number of rotatable bonds is 11. The van der Waals surface area contributed by atoms with E-state index in [0.29, 0.717) is 5.57 Å². The Balaban J connectivity index is 2.11. The van der Waals surface area contributed by atoms with Crippen LogP contribution < -0.4 is 0 Å². The molecule has 25 heavy (non-hydrogen) atoms. The maximum atomic E-state index is 11.7. The highest BCUT2D eigenvalue weighted by Crippen LogP contribution is 2.08. The Labute approximate surface area is 149 Å². The van der Waals surface area contributed by atoms with E-state index in [0.717, 1.165) is 31.8 Å². The van der Waals surface area contributed by atoms with E-state index in [2.05, 4.69) is 30.9 Å². The van der Waals surface area contributed by atoms with Crippen LogP contribution in [0, 0.1) is 0 Å². The second-order valence-electron chi connectivity index (χ2n) is 5.49. The fraction of sp³-hybridized carbons (Fsp3) is 0.333. The van der Waals surface area contributed by atoms with E-state index in [1.807, 2.05) is 24.3 Å². The van der Waals surface area contributed by atoms with E-state index in [4.69, 9.17) is 9.47 Å². The molecule has 1 rings (SSSR count). The normalized spacial score (nSPS) is 11.3. The Kier molecular flexibility index (Phi) is 10.4. The molecule has 0 aliphatic carbocycles. The van der Waals surface area contributed by atoms with Gasteiger partial charge >= 0.3 is 11.9 Å². The van der Waals surface area contributed by atoms with Gasteiger partial charge in [0.15, 0.2) is 0 Å². The van der Waals surface area contributed by atoms with Crippen LogP contribution in [0.1, 0.15) is 38.2 Å². The molecule has 0 saturated carbocycles. The Morgan fingerprint density at radius 2 is 1.72 bits per heavy atom. The van der Waals surface area contributed by atoms with Gasteiger partial charge in [0.1, 0.15) is 13.2 Å². The van der Waals surface area contributed by atoms with Gasteiger partial charge in [-0.1, -0.05) is 55.1 Å². The molecule has 0 bridgehead atoms. The summed E-state index contributed by atoms with van der Waals surface area (Å²) < 4.78 is 9.74. The number of esters is 2. The van der Waals surface area contributed by atoms with Crippen molar-refractivity contribution in [3.8, 4) is 0 Å².